The molecule has 108 valence electrons. The van der Waals surface area contributed by atoms with Crippen LogP contribution in [0.1, 0.15) is 25.3 Å². The molecule has 0 amide bonds. The number of anilines is 1. The molecule has 0 aliphatic rings. The van der Waals surface area contributed by atoms with Gasteiger partial charge in [0.25, 0.3) is 0 Å². The molecule has 0 saturated carbocycles. The second kappa shape index (κ2) is 6.10. The van der Waals surface area contributed by atoms with Crippen LogP contribution in [0.25, 0.3) is 21.8 Å². The fraction of sp³-hybridized carbons (Fsp3) is 0.250. The lowest BCUT2D eigenvalue weighted by atomic mass is 10.0. The number of nitrogen functional groups attached to an aromatic ring is 1. The van der Waals surface area contributed by atoms with E-state index in [2.05, 4.69) is 28.3 Å². The topological polar surface area (TPSA) is 64.9 Å². The normalized spacial score (nSPS) is 10.9. The van der Waals surface area contributed by atoms with Crippen molar-refractivity contribution in [2.45, 2.75) is 26.2 Å². The number of hydrogen-bond acceptors (Lipinski definition) is 5. The van der Waals surface area contributed by atoms with Crippen LogP contribution in [-0.4, -0.2) is 9.97 Å². The Morgan fingerprint density at radius 1 is 1.24 bits per heavy atom. The number of aromatic nitrogens is 2. The minimum atomic E-state index is 0.301. The zero-order valence-electron chi connectivity index (χ0n) is 11.9. The molecule has 3 heterocycles. The minimum Gasteiger partial charge on any atom is -0.472 e. The second-order valence-electron chi connectivity index (χ2n) is 4.85. The Bertz CT molecular complexity index is 650. The van der Waals surface area contributed by atoms with Gasteiger partial charge in [-0.15, -0.1) is 11.3 Å². The predicted molar refractivity (Wildman–Crippen MR) is 86.1 cm³/mol. The molecule has 0 radical (unpaired) electrons. The molecule has 0 fully saturated rings. The van der Waals surface area contributed by atoms with E-state index in [1.807, 2.05) is 12.1 Å². The van der Waals surface area contributed by atoms with Crippen LogP contribution in [0.2, 0.25) is 0 Å². The van der Waals surface area contributed by atoms with Crippen molar-refractivity contribution in [2.24, 2.45) is 0 Å². The minimum absolute atomic E-state index is 0.301. The highest BCUT2D eigenvalue weighted by molar-refractivity contribution is 7.13. The van der Waals surface area contributed by atoms with Crippen LogP contribution in [-0.2, 0) is 6.42 Å². The first-order chi connectivity index (χ1) is 10.3. The van der Waals surface area contributed by atoms with Gasteiger partial charge in [0, 0.05) is 11.1 Å². The summed E-state index contributed by atoms with van der Waals surface area (Å²) in [6, 6.07) is 6.01. The molecular formula is C16H17N3OS. The zero-order chi connectivity index (χ0) is 14.7. The van der Waals surface area contributed by atoms with E-state index in [0.717, 1.165) is 46.7 Å². The Morgan fingerprint density at radius 3 is 2.76 bits per heavy atom. The standard InChI is InChI=1S/C16H17N3OS/c1-2-3-5-12-14(11-7-8-20-10-11)18-16(17)19-15(12)13-6-4-9-21-13/h4,6-10H,2-3,5H2,1H3,(H2,17,18,19). The summed E-state index contributed by atoms with van der Waals surface area (Å²) in [4.78, 5) is 10.1. The van der Waals surface area contributed by atoms with Gasteiger partial charge >= 0.3 is 0 Å². The van der Waals surface area contributed by atoms with E-state index in [9.17, 15) is 0 Å². The zero-order valence-corrected chi connectivity index (χ0v) is 12.7. The summed E-state index contributed by atoms with van der Waals surface area (Å²) in [6.45, 7) is 2.18. The van der Waals surface area contributed by atoms with Gasteiger partial charge in [-0.05, 0) is 30.4 Å². The smallest absolute Gasteiger partial charge is 0.221 e. The van der Waals surface area contributed by atoms with Crippen molar-refractivity contribution in [1.29, 1.82) is 0 Å². The lowest BCUT2D eigenvalue weighted by Gasteiger charge is -2.12. The summed E-state index contributed by atoms with van der Waals surface area (Å²) in [7, 11) is 0. The summed E-state index contributed by atoms with van der Waals surface area (Å²) in [5.41, 5.74) is 9.85. The maximum absolute atomic E-state index is 5.92. The summed E-state index contributed by atoms with van der Waals surface area (Å²) < 4.78 is 5.20. The van der Waals surface area contributed by atoms with Gasteiger partial charge < -0.3 is 10.2 Å². The molecule has 4 nitrogen and oxygen atoms in total. The number of hydrogen-bond donors (Lipinski definition) is 1. The predicted octanol–water partition coefficient (Wildman–Crippen LogP) is 4.39. The van der Waals surface area contributed by atoms with E-state index in [1.165, 1.54) is 0 Å². The van der Waals surface area contributed by atoms with Gasteiger partial charge in [-0.1, -0.05) is 19.4 Å². The van der Waals surface area contributed by atoms with E-state index in [4.69, 9.17) is 10.2 Å². The monoisotopic (exact) mass is 299 g/mol. The van der Waals surface area contributed by atoms with Crippen molar-refractivity contribution in [1.82, 2.24) is 9.97 Å². The molecule has 0 aliphatic carbocycles. The van der Waals surface area contributed by atoms with Crippen LogP contribution in [0.4, 0.5) is 5.95 Å². The molecular weight excluding hydrogens is 282 g/mol. The average molecular weight is 299 g/mol. The molecule has 21 heavy (non-hydrogen) atoms. The van der Waals surface area contributed by atoms with Crippen LogP contribution in [0.5, 0.6) is 0 Å². The molecule has 3 aromatic rings. The number of rotatable bonds is 5. The molecule has 3 aromatic heterocycles. The highest BCUT2D eigenvalue weighted by atomic mass is 32.1. The number of nitrogens with two attached hydrogens (primary N) is 1. The van der Waals surface area contributed by atoms with Gasteiger partial charge in [-0.25, -0.2) is 9.97 Å². The molecule has 0 unspecified atom stereocenters. The maximum atomic E-state index is 5.92. The Hall–Kier alpha value is -2.14. The van der Waals surface area contributed by atoms with Crippen LogP contribution in [0, 0.1) is 0 Å². The van der Waals surface area contributed by atoms with Gasteiger partial charge in [0.2, 0.25) is 5.95 Å². The van der Waals surface area contributed by atoms with Crippen molar-refractivity contribution in [3.63, 3.8) is 0 Å². The van der Waals surface area contributed by atoms with Crippen LogP contribution in [0.15, 0.2) is 40.5 Å². The summed E-state index contributed by atoms with van der Waals surface area (Å²) in [5.74, 6) is 0.301. The van der Waals surface area contributed by atoms with Gasteiger partial charge in [0.15, 0.2) is 0 Å². The van der Waals surface area contributed by atoms with E-state index in [-0.39, 0.29) is 0 Å². The largest absolute Gasteiger partial charge is 0.472 e. The Labute approximate surface area is 127 Å². The van der Waals surface area contributed by atoms with Crippen LogP contribution < -0.4 is 5.73 Å². The van der Waals surface area contributed by atoms with E-state index >= 15 is 0 Å². The SMILES string of the molecule is CCCCc1c(-c2ccoc2)nc(N)nc1-c1cccs1. The third-order valence-electron chi connectivity index (χ3n) is 3.35. The summed E-state index contributed by atoms with van der Waals surface area (Å²) in [5, 5.41) is 2.05. The molecule has 0 atom stereocenters. The summed E-state index contributed by atoms with van der Waals surface area (Å²) >= 11 is 1.67. The number of unbranched alkanes of at least 4 members (excludes halogenated alkanes) is 1. The number of thiophene rings is 1. The number of furan rings is 1. The van der Waals surface area contributed by atoms with Gasteiger partial charge in [0.1, 0.15) is 0 Å². The highest BCUT2D eigenvalue weighted by Gasteiger charge is 2.17. The lowest BCUT2D eigenvalue weighted by molar-refractivity contribution is 0.568. The maximum Gasteiger partial charge on any atom is 0.221 e. The average Bonchev–Trinajstić information content (AvgIpc) is 3.18. The molecule has 0 spiro atoms. The molecule has 5 heteroatoms. The first kappa shape index (κ1) is 13.8. The van der Waals surface area contributed by atoms with Crippen LogP contribution >= 0.6 is 11.3 Å². The molecule has 0 aromatic carbocycles. The van der Waals surface area contributed by atoms with Crippen molar-refractivity contribution in [3.8, 4) is 21.8 Å². The van der Waals surface area contributed by atoms with Crippen molar-refractivity contribution >= 4 is 17.3 Å². The lowest BCUT2D eigenvalue weighted by Crippen LogP contribution is -2.04. The molecule has 0 bridgehead atoms. The van der Waals surface area contributed by atoms with Gasteiger partial charge in [-0.2, -0.15) is 0 Å². The number of nitrogens with zero attached hydrogens (tertiary/aromatic N) is 2. The quantitative estimate of drug-likeness (QED) is 0.758. The molecule has 3 rings (SSSR count). The van der Waals surface area contributed by atoms with E-state index in [1.54, 1.807) is 23.9 Å². The Kier molecular flexibility index (Phi) is 4.01. The Balaban J connectivity index is 2.18. The molecule has 0 saturated heterocycles. The van der Waals surface area contributed by atoms with Crippen molar-refractivity contribution < 1.29 is 4.42 Å². The van der Waals surface area contributed by atoms with Gasteiger partial charge in [-0.3, -0.25) is 0 Å². The van der Waals surface area contributed by atoms with Crippen molar-refractivity contribution in [3.05, 3.63) is 41.7 Å². The Morgan fingerprint density at radius 2 is 2.10 bits per heavy atom. The van der Waals surface area contributed by atoms with Crippen LogP contribution in [0.3, 0.4) is 0 Å². The fourth-order valence-corrected chi connectivity index (χ4v) is 3.09. The first-order valence-electron chi connectivity index (χ1n) is 7.02. The highest BCUT2D eigenvalue weighted by Crippen LogP contribution is 2.34. The van der Waals surface area contributed by atoms with Crippen molar-refractivity contribution in [2.75, 3.05) is 5.73 Å². The van der Waals surface area contributed by atoms with E-state index in [0.29, 0.717) is 5.95 Å². The third kappa shape index (κ3) is 2.83. The van der Waals surface area contributed by atoms with Gasteiger partial charge in [0.05, 0.1) is 28.8 Å². The fourth-order valence-electron chi connectivity index (χ4n) is 2.35. The molecule has 2 N–H and O–H groups in total. The molecule has 0 aliphatic heterocycles. The van der Waals surface area contributed by atoms with E-state index < -0.39 is 0 Å². The first-order valence-corrected chi connectivity index (χ1v) is 7.90. The summed E-state index contributed by atoms with van der Waals surface area (Å²) in [6.07, 6.45) is 6.51. The third-order valence-corrected chi connectivity index (χ3v) is 4.23. The second-order valence-corrected chi connectivity index (χ2v) is 5.80.